The zero-order valence-corrected chi connectivity index (χ0v) is 10.9. The summed E-state index contributed by atoms with van der Waals surface area (Å²) in [4.78, 5) is 11.6. The lowest BCUT2D eigenvalue weighted by molar-refractivity contribution is -0.125. The van der Waals surface area contributed by atoms with Crippen molar-refractivity contribution in [2.24, 2.45) is 23.0 Å². The Morgan fingerprint density at radius 1 is 1.27 bits per heavy atom. The third kappa shape index (κ3) is 5.17. The highest BCUT2D eigenvalue weighted by Crippen LogP contribution is 2.24. The zero-order chi connectivity index (χ0) is 12.2. The quantitative estimate of drug-likeness (QED) is 0.749. The summed E-state index contributed by atoms with van der Waals surface area (Å²) in [6.45, 7) is 13.1. The number of carbonyl (C=O) groups excluding carboxylic acids is 1. The molecule has 90 valence electrons. The molecule has 0 spiro atoms. The lowest BCUT2D eigenvalue weighted by Gasteiger charge is -2.28. The van der Waals surface area contributed by atoms with Gasteiger partial charge in [-0.25, -0.2) is 0 Å². The summed E-state index contributed by atoms with van der Waals surface area (Å²) in [5, 5.41) is 2.95. The van der Waals surface area contributed by atoms with Gasteiger partial charge in [0, 0.05) is 18.5 Å². The highest BCUT2D eigenvalue weighted by molar-refractivity contribution is 5.78. The number of carbonyl (C=O) groups is 1. The summed E-state index contributed by atoms with van der Waals surface area (Å²) in [6.07, 6.45) is 0. The van der Waals surface area contributed by atoms with Crippen molar-refractivity contribution in [3.8, 4) is 0 Å². The molecule has 0 aromatic rings. The summed E-state index contributed by atoms with van der Waals surface area (Å²) in [5.74, 6) is 0.403. The maximum Gasteiger partial charge on any atom is 0.224 e. The first kappa shape index (κ1) is 14.4. The van der Waals surface area contributed by atoms with Crippen molar-refractivity contribution >= 4 is 5.91 Å². The van der Waals surface area contributed by atoms with Crippen molar-refractivity contribution < 1.29 is 4.79 Å². The lowest BCUT2D eigenvalue weighted by atomic mass is 9.82. The summed E-state index contributed by atoms with van der Waals surface area (Å²) >= 11 is 0. The predicted octanol–water partition coefficient (Wildman–Crippen LogP) is 1.77. The van der Waals surface area contributed by atoms with Crippen molar-refractivity contribution in [3.63, 3.8) is 0 Å². The van der Waals surface area contributed by atoms with E-state index in [9.17, 15) is 4.79 Å². The fraction of sp³-hybridized carbons (Fsp3) is 0.917. The van der Waals surface area contributed by atoms with E-state index in [4.69, 9.17) is 5.73 Å². The molecule has 1 amide bonds. The highest BCUT2D eigenvalue weighted by atomic mass is 16.1. The predicted molar refractivity (Wildman–Crippen MR) is 64.4 cm³/mol. The Morgan fingerprint density at radius 3 is 2.07 bits per heavy atom. The number of hydrogen-bond acceptors (Lipinski definition) is 2. The Kier molecular flexibility index (Phi) is 5.29. The molecule has 0 heterocycles. The largest absolute Gasteiger partial charge is 0.356 e. The molecule has 15 heavy (non-hydrogen) atoms. The molecule has 3 nitrogen and oxygen atoms in total. The molecule has 3 unspecified atom stereocenters. The first-order valence-electron chi connectivity index (χ1n) is 5.69. The zero-order valence-electron chi connectivity index (χ0n) is 10.9. The maximum absolute atomic E-state index is 11.6. The van der Waals surface area contributed by atoms with Crippen LogP contribution >= 0.6 is 0 Å². The van der Waals surface area contributed by atoms with Gasteiger partial charge in [0.05, 0.1) is 0 Å². The minimum absolute atomic E-state index is 0.0566. The minimum Gasteiger partial charge on any atom is -0.356 e. The summed E-state index contributed by atoms with van der Waals surface area (Å²) in [5.41, 5.74) is 5.90. The minimum atomic E-state index is -0.114. The third-order valence-corrected chi connectivity index (χ3v) is 3.26. The molecule has 0 aromatic carbocycles. The van der Waals surface area contributed by atoms with Crippen LogP contribution in [0.15, 0.2) is 0 Å². The fourth-order valence-electron chi connectivity index (χ4n) is 0.960. The Labute approximate surface area is 93.8 Å². The average molecular weight is 214 g/mol. The van der Waals surface area contributed by atoms with Crippen LogP contribution in [0.25, 0.3) is 0 Å². The highest BCUT2D eigenvalue weighted by Gasteiger charge is 2.22. The standard InChI is InChI=1S/C12H26N2O/c1-8(12(4,5)6)7-14-11(15)9(2)10(3)13/h8-10H,7,13H2,1-6H3,(H,14,15). The molecule has 0 saturated carbocycles. The maximum atomic E-state index is 11.6. The van der Waals surface area contributed by atoms with Gasteiger partial charge in [-0.2, -0.15) is 0 Å². The Balaban J connectivity index is 4.02. The molecule has 0 rings (SSSR count). The second-order valence-corrected chi connectivity index (χ2v) is 5.66. The molecule has 0 saturated heterocycles. The average Bonchev–Trinajstić information content (AvgIpc) is 2.10. The Morgan fingerprint density at radius 2 is 1.73 bits per heavy atom. The molecule has 3 N–H and O–H groups in total. The van der Waals surface area contributed by atoms with Gasteiger partial charge in [0.25, 0.3) is 0 Å². The van der Waals surface area contributed by atoms with Crippen LogP contribution in [0.1, 0.15) is 41.5 Å². The van der Waals surface area contributed by atoms with Gasteiger partial charge in [-0.3, -0.25) is 4.79 Å². The Hall–Kier alpha value is -0.570. The molecule has 0 aliphatic rings. The molecule has 3 atom stereocenters. The number of hydrogen-bond donors (Lipinski definition) is 2. The Bertz CT molecular complexity index is 206. The second kappa shape index (κ2) is 5.50. The van der Waals surface area contributed by atoms with Crippen LogP contribution in [0, 0.1) is 17.3 Å². The van der Waals surface area contributed by atoms with Crippen molar-refractivity contribution in [2.45, 2.75) is 47.6 Å². The number of nitrogens with two attached hydrogens (primary N) is 1. The van der Waals surface area contributed by atoms with E-state index in [-0.39, 0.29) is 23.3 Å². The van der Waals surface area contributed by atoms with E-state index in [0.29, 0.717) is 5.92 Å². The molecule has 0 bridgehead atoms. The van der Waals surface area contributed by atoms with Crippen LogP contribution in [0.2, 0.25) is 0 Å². The topological polar surface area (TPSA) is 55.1 Å². The molecule has 0 aliphatic heterocycles. The van der Waals surface area contributed by atoms with Crippen LogP contribution < -0.4 is 11.1 Å². The van der Waals surface area contributed by atoms with E-state index in [0.717, 1.165) is 6.54 Å². The van der Waals surface area contributed by atoms with E-state index >= 15 is 0 Å². The fourth-order valence-corrected chi connectivity index (χ4v) is 0.960. The normalized spacial score (nSPS) is 18.1. The van der Waals surface area contributed by atoms with Gasteiger partial charge < -0.3 is 11.1 Å². The summed E-state index contributed by atoms with van der Waals surface area (Å²) < 4.78 is 0. The van der Waals surface area contributed by atoms with Crippen LogP contribution in [-0.2, 0) is 4.79 Å². The van der Waals surface area contributed by atoms with E-state index < -0.39 is 0 Å². The SMILES string of the molecule is CC(N)C(C)C(=O)NCC(C)C(C)(C)C. The van der Waals surface area contributed by atoms with Crippen LogP contribution in [-0.4, -0.2) is 18.5 Å². The van der Waals surface area contributed by atoms with Crippen LogP contribution in [0.4, 0.5) is 0 Å². The lowest BCUT2D eigenvalue weighted by Crippen LogP contribution is -2.41. The second-order valence-electron chi connectivity index (χ2n) is 5.66. The van der Waals surface area contributed by atoms with E-state index in [1.807, 2.05) is 13.8 Å². The van der Waals surface area contributed by atoms with Crippen molar-refractivity contribution in [1.82, 2.24) is 5.32 Å². The van der Waals surface area contributed by atoms with Gasteiger partial charge in [-0.05, 0) is 18.3 Å². The first-order chi connectivity index (χ1) is 6.66. The van der Waals surface area contributed by atoms with E-state index in [1.54, 1.807) is 0 Å². The molecule has 0 aromatic heterocycles. The molecular weight excluding hydrogens is 188 g/mol. The third-order valence-electron chi connectivity index (χ3n) is 3.26. The van der Waals surface area contributed by atoms with E-state index in [2.05, 4.69) is 33.0 Å². The van der Waals surface area contributed by atoms with Crippen LogP contribution in [0.3, 0.4) is 0 Å². The van der Waals surface area contributed by atoms with Gasteiger partial charge >= 0.3 is 0 Å². The van der Waals surface area contributed by atoms with Crippen molar-refractivity contribution in [1.29, 1.82) is 0 Å². The van der Waals surface area contributed by atoms with Crippen LogP contribution in [0.5, 0.6) is 0 Å². The molecule has 0 radical (unpaired) electrons. The van der Waals surface area contributed by atoms with Gasteiger partial charge in [-0.1, -0.05) is 34.6 Å². The summed E-state index contributed by atoms with van der Waals surface area (Å²) in [6, 6.07) is -0.0880. The van der Waals surface area contributed by atoms with Gasteiger partial charge in [0.1, 0.15) is 0 Å². The molecule has 0 fully saturated rings. The number of rotatable bonds is 4. The molecule has 3 heteroatoms. The van der Waals surface area contributed by atoms with E-state index in [1.165, 1.54) is 0 Å². The van der Waals surface area contributed by atoms with Gasteiger partial charge in [0.2, 0.25) is 5.91 Å². The molecular formula is C12H26N2O. The number of amides is 1. The van der Waals surface area contributed by atoms with Gasteiger partial charge in [0.15, 0.2) is 0 Å². The van der Waals surface area contributed by atoms with Crippen molar-refractivity contribution in [2.75, 3.05) is 6.54 Å². The van der Waals surface area contributed by atoms with Gasteiger partial charge in [-0.15, -0.1) is 0 Å². The first-order valence-corrected chi connectivity index (χ1v) is 5.69. The monoisotopic (exact) mass is 214 g/mol. The van der Waals surface area contributed by atoms with Crippen molar-refractivity contribution in [3.05, 3.63) is 0 Å². The molecule has 0 aliphatic carbocycles. The summed E-state index contributed by atoms with van der Waals surface area (Å²) in [7, 11) is 0. The smallest absolute Gasteiger partial charge is 0.224 e. The number of nitrogens with one attached hydrogen (secondary N) is 1.